The fourth-order valence-electron chi connectivity index (χ4n) is 1.41. The topological polar surface area (TPSA) is 58.4 Å². The highest BCUT2D eigenvalue weighted by Crippen LogP contribution is 2.31. The Morgan fingerprint density at radius 1 is 1.43 bits per heavy atom. The Morgan fingerprint density at radius 3 is 2.43 bits per heavy atom. The van der Waals surface area contributed by atoms with E-state index in [1.807, 2.05) is 0 Å². The fraction of sp³-hybridized carbons (Fsp3) is 0.900. The molecule has 0 heterocycles. The van der Waals surface area contributed by atoms with Crippen LogP contribution in [0.2, 0.25) is 0 Å². The molecular formula is C10H21N3O. The van der Waals surface area contributed by atoms with Crippen LogP contribution in [0.3, 0.4) is 0 Å². The number of hydrogen-bond acceptors (Lipinski definition) is 3. The maximum Gasteiger partial charge on any atom is 0.240 e. The van der Waals surface area contributed by atoms with Crippen LogP contribution in [0.4, 0.5) is 0 Å². The predicted octanol–water partition coefficient (Wildman–Crippen LogP) is -0.0643. The summed E-state index contributed by atoms with van der Waals surface area (Å²) in [6, 6.07) is 0. The van der Waals surface area contributed by atoms with Crippen molar-refractivity contribution in [2.45, 2.75) is 32.2 Å². The third-order valence-electron chi connectivity index (χ3n) is 2.85. The first-order valence-corrected chi connectivity index (χ1v) is 5.42. The van der Waals surface area contributed by atoms with Crippen LogP contribution in [-0.2, 0) is 4.79 Å². The van der Waals surface area contributed by atoms with Gasteiger partial charge in [0.05, 0.1) is 5.54 Å². The van der Waals surface area contributed by atoms with E-state index >= 15 is 0 Å². The molecule has 4 nitrogen and oxygen atoms in total. The molecule has 0 unspecified atom stereocenters. The van der Waals surface area contributed by atoms with Gasteiger partial charge in [-0.15, -0.1) is 0 Å². The number of hydrogen-bond donors (Lipinski definition) is 2. The highest BCUT2D eigenvalue weighted by Gasteiger charge is 2.45. The van der Waals surface area contributed by atoms with Crippen LogP contribution in [0.15, 0.2) is 0 Å². The van der Waals surface area contributed by atoms with Gasteiger partial charge in [0.15, 0.2) is 0 Å². The van der Waals surface area contributed by atoms with Crippen molar-refractivity contribution < 1.29 is 4.79 Å². The fourth-order valence-corrected chi connectivity index (χ4v) is 1.41. The third kappa shape index (κ3) is 2.96. The van der Waals surface area contributed by atoms with Gasteiger partial charge in [0.1, 0.15) is 0 Å². The molecule has 82 valence electrons. The Kier molecular flexibility index (Phi) is 3.89. The SMILES string of the molecule is CCN(CC)CCNC(=O)C1(N)CC1. The summed E-state index contributed by atoms with van der Waals surface area (Å²) in [4.78, 5) is 13.7. The first-order chi connectivity index (χ1) is 6.62. The summed E-state index contributed by atoms with van der Waals surface area (Å²) in [5.41, 5.74) is 5.22. The van der Waals surface area contributed by atoms with Gasteiger partial charge in [0, 0.05) is 13.1 Å². The Labute approximate surface area is 85.8 Å². The minimum atomic E-state index is -0.525. The minimum absolute atomic E-state index is 0.0182. The van der Waals surface area contributed by atoms with Gasteiger partial charge in [-0.2, -0.15) is 0 Å². The Morgan fingerprint density at radius 2 is 2.00 bits per heavy atom. The van der Waals surface area contributed by atoms with Crippen LogP contribution in [0.5, 0.6) is 0 Å². The number of nitrogens with one attached hydrogen (secondary N) is 1. The molecule has 1 fully saturated rings. The average molecular weight is 199 g/mol. The maximum atomic E-state index is 11.4. The molecular weight excluding hydrogens is 178 g/mol. The van der Waals surface area contributed by atoms with Gasteiger partial charge in [0.2, 0.25) is 5.91 Å². The lowest BCUT2D eigenvalue weighted by Gasteiger charge is -2.18. The number of rotatable bonds is 6. The molecule has 1 amide bonds. The summed E-state index contributed by atoms with van der Waals surface area (Å²) in [7, 11) is 0. The van der Waals surface area contributed by atoms with E-state index in [0.29, 0.717) is 6.54 Å². The molecule has 0 atom stereocenters. The number of carbonyl (C=O) groups excluding carboxylic acids is 1. The van der Waals surface area contributed by atoms with Crippen LogP contribution in [0.25, 0.3) is 0 Å². The third-order valence-corrected chi connectivity index (χ3v) is 2.85. The van der Waals surface area contributed by atoms with Gasteiger partial charge in [0.25, 0.3) is 0 Å². The lowest BCUT2D eigenvalue weighted by atomic mass is 10.3. The van der Waals surface area contributed by atoms with Crippen molar-refractivity contribution >= 4 is 5.91 Å². The second-order valence-electron chi connectivity index (χ2n) is 3.94. The highest BCUT2D eigenvalue weighted by molar-refractivity contribution is 5.88. The molecule has 14 heavy (non-hydrogen) atoms. The number of likely N-dealkylation sites (N-methyl/N-ethyl adjacent to an activating group) is 1. The molecule has 0 aliphatic heterocycles. The van der Waals surface area contributed by atoms with Crippen LogP contribution >= 0.6 is 0 Å². The molecule has 0 aromatic rings. The lowest BCUT2D eigenvalue weighted by molar-refractivity contribution is -0.123. The number of carbonyl (C=O) groups is 1. The van der Waals surface area contributed by atoms with E-state index in [9.17, 15) is 4.79 Å². The van der Waals surface area contributed by atoms with Gasteiger partial charge in [-0.3, -0.25) is 4.79 Å². The van der Waals surface area contributed by atoms with Gasteiger partial charge >= 0.3 is 0 Å². The van der Waals surface area contributed by atoms with Gasteiger partial charge < -0.3 is 16.0 Å². The van der Waals surface area contributed by atoms with Crippen molar-refractivity contribution in [2.24, 2.45) is 5.73 Å². The molecule has 0 spiro atoms. The second kappa shape index (κ2) is 4.75. The van der Waals surface area contributed by atoms with E-state index in [1.54, 1.807) is 0 Å². The predicted molar refractivity (Wildman–Crippen MR) is 57.0 cm³/mol. The first-order valence-electron chi connectivity index (χ1n) is 5.42. The molecule has 0 aromatic heterocycles. The quantitative estimate of drug-likeness (QED) is 0.630. The summed E-state index contributed by atoms with van der Waals surface area (Å²) in [5, 5.41) is 2.88. The zero-order valence-corrected chi connectivity index (χ0v) is 9.18. The number of nitrogens with zero attached hydrogens (tertiary/aromatic N) is 1. The van der Waals surface area contributed by atoms with Crippen LogP contribution < -0.4 is 11.1 Å². The van der Waals surface area contributed by atoms with E-state index in [2.05, 4.69) is 24.1 Å². The molecule has 1 rings (SSSR count). The van der Waals surface area contributed by atoms with Crippen molar-refractivity contribution in [2.75, 3.05) is 26.2 Å². The minimum Gasteiger partial charge on any atom is -0.353 e. The zero-order chi connectivity index (χ0) is 10.6. The van der Waals surface area contributed by atoms with E-state index < -0.39 is 5.54 Å². The number of nitrogens with two attached hydrogens (primary N) is 1. The second-order valence-corrected chi connectivity index (χ2v) is 3.94. The van der Waals surface area contributed by atoms with Gasteiger partial charge in [-0.05, 0) is 25.9 Å². The summed E-state index contributed by atoms with van der Waals surface area (Å²) < 4.78 is 0. The van der Waals surface area contributed by atoms with E-state index in [4.69, 9.17) is 5.73 Å². The Balaban J connectivity index is 2.11. The molecule has 1 saturated carbocycles. The standard InChI is InChI=1S/C10H21N3O/c1-3-13(4-2)8-7-12-9(14)10(11)5-6-10/h3-8,11H2,1-2H3,(H,12,14). The maximum absolute atomic E-state index is 11.4. The van der Waals surface area contributed by atoms with E-state index in [1.165, 1.54) is 0 Å². The van der Waals surface area contributed by atoms with Crippen LogP contribution in [0.1, 0.15) is 26.7 Å². The van der Waals surface area contributed by atoms with Crippen molar-refractivity contribution in [3.63, 3.8) is 0 Å². The number of amides is 1. The molecule has 4 heteroatoms. The summed E-state index contributed by atoms with van der Waals surface area (Å²) >= 11 is 0. The van der Waals surface area contributed by atoms with Crippen molar-refractivity contribution in [3.8, 4) is 0 Å². The van der Waals surface area contributed by atoms with Crippen molar-refractivity contribution in [3.05, 3.63) is 0 Å². The van der Waals surface area contributed by atoms with Crippen molar-refractivity contribution in [1.29, 1.82) is 0 Å². The van der Waals surface area contributed by atoms with E-state index in [-0.39, 0.29) is 5.91 Å². The largest absolute Gasteiger partial charge is 0.353 e. The zero-order valence-electron chi connectivity index (χ0n) is 9.18. The van der Waals surface area contributed by atoms with Gasteiger partial charge in [-0.1, -0.05) is 13.8 Å². The van der Waals surface area contributed by atoms with Crippen molar-refractivity contribution in [1.82, 2.24) is 10.2 Å². The molecule has 0 aromatic carbocycles. The summed E-state index contributed by atoms with van der Waals surface area (Å²) in [6.45, 7) is 7.92. The summed E-state index contributed by atoms with van der Waals surface area (Å²) in [6.07, 6.45) is 1.67. The van der Waals surface area contributed by atoms with Crippen LogP contribution in [0, 0.1) is 0 Å². The smallest absolute Gasteiger partial charge is 0.240 e. The molecule has 1 aliphatic carbocycles. The van der Waals surface area contributed by atoms with E-state index in [0.717, 1.165) is 32.5 Å². The Hall–Kier alpha value is -0.610. The molecule has 0 bridgehead atoms. The Bertz CT molecular complexity index is 198. The highest BCUT2D eigenvalue weighted by atomic mass is 16.2. The van der Waals surface area contributed by atoms with Gasteiger partial charge in [-0.25, -0.2) is 0 Å². The molecule has 1 aliphatic rings. The molecule has 3 N–H and O–H groups in total. The lowest BCUT2D eigenvalue weighted by Crippen LogP contribution is -2.45. The van der Waals surface area contributed by atoms with Crippen LogP contribution in [-0.4, -0.2) is 42.5 Å². The molecule has 0 saturated heterocycles. The first kappa shape index (κ1) is 11.5. The summed E-state index contributed by atoms with van der Waals surface area (Å²) in [5.74, 6) is 0.0182. The average Bonchev–Trinajstić information content (AvgIpc) is 2.92. The normalized spacial score (nSPS) is 18.3. The monoisotopic (exact) mass is 199 g/mol. The molecule has 0 radical (unpaired) electrons.